The van der Waals surface area contributed by atoms with Crippen molar-refractivity contribution >= 4 is 28.9 Å². The van der Waals surface area contributed by atoms with Crippen LogP contribution in [0.15, 0.2) is 29.6 Å². The van der Waals surface area contributed by atoms with Crippen LogP contribution in [0.25, 0.3) is 0 Å². The van der Waals surface area contributed by atoms with Crippen molar-refractivity contribution in [1.29, 1.82) is 0 Å². The van der Waals surface area contributed by atoms with Crippen LogP contribution in [-0.4, -0.2) is 26.1 Å². The third-order valence-electron chi connectivity index (χ3n) is 2.94. The molecule has 1 aromatic carbocycles. The highest BCUT2D eigenvalue weighted by Crippen LogP contribution is 2.29. The van der Waals surface area contributed by atoms with Crippen LogP contribution in [0.1, 0.15) is 25.6 Å². The monoisotopic (exact) mass is 305 g/mol. The Hall–Kier alpha value is -2.34. The minimum absolute atomic E-state index is 0.334. The zero-order valence-electron chi connectivity index (χ0n) is 11.9. The second-order valence-electron chi connectivity index (χ2n) is 4.27. The number of hydrogen-bond donors (Lipinski definition) is 1. The number of thiophene rings is 1. The number of carbonyl (C=O) groups is 2. The van der Waals surface area contributed by atoms with Gasteiger partial charge in [-0.25, -0.2) is 4.79 Å². The van der Waals surface area contributed by atoms with E-state index >= 15 is 0 Å². The van der Waals surface area contributed by atoms with E-state index < -0.39 is 5.97 Å². The van der Waals surface area contributed by atoms with Crippen LogP contribution in [0.2, 0.25) is 0 Å². The van der Waals surface area contributed by atoms with E-state index in [-0.39, 0.29) is 5.91 Å². The fourth-order valence-electron chi connectivity index (χ4n) is 1.86. The first-order chi connectivity index (χ1) is 10.1. The van der Waals surface area contributed by atoms with E-state index in [4.69, 9.17) is 9.47 Å². The summed E-state index contributed by atoms with van der Waals surface area (Å²) in [6, 6.07) is 6.90. The smallest absolute Gasteiger partial charge is 0.350 e. The molecule has 1 N–H and O–H groups in total. The number of nitrogens with one attached hydrogen (secondary N) is 1. The molecule has 2 aromatic rings. The number of amides is 1. The van der Waals surface area contributed by atoms with Crippen molar-refractivity contribution in [3.05, 3.63) is 45.6 Å². The van der Waals surface area contributed by atoms with Crippen molar-refractivity contribution in [2.45, 2.75) is 6.92 Å². The summed E-state index contributed by atoms with van der Waals surface area (Å²) in [5.41, 5.74) is 1.69. The molecular weight excluding hydrogens is 290 g/mol. The fraction of sp³-hybridized carbons (Fsp3) is 0.200. The van der Waals surface area contributed by atoms with Crippen LogP contribution in [0.3, 0.4) is 0 Å². The molecule has 0 spiro atoms. The van der Waals surface area contributed by atoms with Gasteiger partial charge in [-0.05, 0) is 30.0 Å². The van der Waals surface area contributed by atoms with Crippen molar-refractivity contribution in [2.24, 2.45) is 0 Å². The molecule has 6 heteroatoms. The molecule has 0 aliphatic heterocycles. The molecule has 0 atom stereocenters. The molecule has 0 aliphatic carbocycles. The van der Waals surface area contributed by atoms with Crippen molar-refractivity contribution in [1.82, 2.24) is 0 Å². The van der Waals surface area contributed by atoms with Gasteiger partial charge in [-0.15, -0.1) is 11.3 Å². The first kappa shape index (κ1) is 15.1. The van der Waals surface area contributed by atoms with E-state index in [1.165, 1.54) is 25.6 Å². The Balaban J connectivity index is 2.32. The third-order valence-corrected chi connectivity index (χ3v) is 4.01. The standard InChI is InChI=1S/C15H15NO4S/c1-9-8-21-13(15(18)20-3)12(9)16-14(17)10-6-4-5-7-11(10)19-2/h4-8H,1-3H3,(H,16,17). The summed E-state index contributed by atoms with van der Waals surface area (Å²) in [7, 11) is 2.81. The Morgan fingerprint density at radius 2 is 1.90 bits per heavy atom. The summed E-state index contributed by atoms with van der Waals surface area (Å²) in [4.78, 5) is 24.4. The van der Waals surface area contributed by atoms with E-state index in [0.29, 0.717) is 21.9 Å². The van der Waals surface area contributed by atoms with Gasteiger partial charge in [0.2, 0.25) is 0 Å². The first-order valence-electron chi connectivity index (χ1n) is 6.19. The fourth-order valence-corrected chi connectivity index (χ4v) is 2.78. The molecule has 0 aliphatic rings. The number of esters is 1. The minimum atomic E-state index is -0.469. The van der Waals surface area contributed by atoms with E-state index in [0.717, 1.165) is 5.56 Å². The lowest BCUT2D eigenvalue weighted by Crippen LogP contribution is -2.15. The second-order valence-corrected chi connectivity index (χ2v) is 5.15. The number of para-hydroxylation sites is 1. The number of benzene rings is 1. The van der Waals surface area contributed by atoms with Gasteiger partial charge in [-0.3, -0.25) is 4.79 Å². The van der Waals surface area contributed by atoms with Crippen LogP contribution >= 0.6 is 11.3 Å². The molecule has 21 heavy (non-hydrogen) atoms. The number of methoxy groups -OCH3 is 2. The van der Waals surface area contributed by atoms with E-state index in [2.05, 4.69) is 5.32 Å². The van der Waals surface area contributed by atoms with Crippen LogP contribution < -0.4 is 10.1 Å². The summed E-state index contributed by atoms with van der Waals surface area (Å²) >= 11 is 1.24. The summed E-state index contributed by atoms with van der Waals surface area (Å²) in [6.45, 7) is 1.82. The molecule has 0 saturated heterocycles. The largest absolute Gasteiger partial charge is 0.496 e. The lowest BCUT2D eigenvalue weighted by atomic mass is 10.1. The van der Waals surface area contributed by atoms with E-state index in [1.54, 1.807) is 29.6 Å². The third kappa shape index (κ3) is 3.05. The van der Waals surface area contributed by atoms with Gasteiger partial charge in [0.15, 0.2) is 0 Å². The Bertz CT molecular complexity index is 678. The van der Waals surface area contributed by atoms with Crippen LogP contribution in [-0.2, 0) is 4.74 Å². The molecule has 5 nitrogen and oxygen atoms in total. The number of ether oxygens (including phenoxy) is 2. The predicted molar refractivity (Wildman–Crippen MR) is 81.3 cm³/mol. The molecule has 0 bridgehead atoms. The average molecular weight is 305 g/mol. The Morgan fingerprint density at radius 1 is 1.19 bits per heavy atom. The summed E-state index contributed by atoms with van der Waals surface area (Å²) < 4.78 is 9.88. The average Bonchev–Trinajstić information content (AvgIpc) is 2.87. The lowest BCUT2D eigenvalue weighted by molar-refractivity contribution is 0.0607. The quantitative estimate of drug-likeness (QED) is 0.882. The molecule has 1 heterocycles. The Labute approximate surface area is 126 Å². The van der Waals surface area contributed by atoms with Gasteiger partial charge in [-0.2, -0.15) is 0 Å². The Kier molecular flexibility index (Phi) is 4.59. The maximum atomic E-state index is 12.4. The number of rotatable bonds is 4. The number of carbonyl (C=O) groups excluding carboxylic acids is 2. The number of aryl methyl sites for hydroxylation is 1. The summed E-state index contributed by atoms with van der Waals surface area (Å²) in [6.07, 6.45) is 0. The van der Waals surface area contributed by atoms with Crippen molar-refractivity contribution in [3.8, 4) is 5.75 Å². The number of hydrogen-bond acceptors (Lipinski definition) is 5. The van der Waals surface area contributed by atoms with Gasteiger partial charge >= 0.3 is 5.97 Å². The molecule has 0 radical (unpaired) electrons. The molecule has 2 rings (SSSR count). The second kappa shape index (κ2) is 6.41. The highest BCUT2D eigenvalue weighted by molar-refractivity contribution is 7.12. The van der Waals surface area contributed by atoms with Crippen LogP contribution in [0, 0.1) is 6.92 Å². The van der Waals surface area contributed by atoms with Gasteiger partial charge in [0, 0.05) is 0 Å². The topological polar surface area (TPSA) is 64.6 Å². The molecule has 1 aromatic heterocycles. The van der Waals surface area contributed by atoms with Crippen molar-refractivity contribution in [2.75, 3.05) is 19.5 Å². The van der Waals surface area contributed by atoms with Crippen LogP contribution in [0.5, 0.6) is 5.75 Å². The zero-order valence-corrected chi connectivity index (χ0v) is 12.7. The molecule has 0 unspecified atom stereocenters. The normalized spacial score (nSPS) is 10.0. The van der Waals surface area contributed by atoms with E-state index in [9.17, 15) is 9.59 Å². The SMILES string of the molecule is COC(=O)c1scc(C)c1NC(=O)c1ccccc1OC. The van der Waals surface area contributed by atoms with Crippen molar-refractivity contribution < 1.29 is 19.1 Å². The summed E-state index contributed by atoms with van der Waals surface area (Å²) in [5.74, 6) is -0.329. The maximum Gasteiger partial charge on any atom is 0.350 e. The molecule has 110 valence electrons. The van der Waals surface area contributed by atoms with Crippen molar-refractivity contribution in [3.63, 3.8) is 0 Å². The maximum absolute atomic E-state index is 12.4. The van der Waals surface area contributed by atoms with E-state index in [1.807, 2.05) is 6.92 Å². The number of anilines is 1. The Morgan fingerprint density at radius 3 is 2.57 bits per heavy atom. The van der Waals surface area contributed by atoms with Crippen LogP contribution in [0.4, 0.5) is 5.69 Å². The molecule has 1 amide bonds. The van der Waals surface area contributed by atoms with Gasteiger partial charge in [0.05, 0.1) is 25.5 Å². The first-order valence-corrected chi connectivity index (χ1v) is 7.07. The summed E-state index contributed by atoms with van der Waals surface area (Å²) in [5, 5.41) is 4.55. The zero-order chi connectivity index (χ0) is 15.4. The molecule has 0 saturated carbocycles. The predicted octanol–water partition coefficient (Wildman–Crippen LogP) is 3.10. The minimum Gasteiger partial charge on any atom is -0.496 e. The van der Waals surface area contributed by atoms with Gasteiger partial charge in [0.25, 0.3) is 5.91 Å². The molecular formula is C15H15NO4S. The highest BCUT2D eigenvalue weighted by atomic mass is 32.1. The van der Waals surface area contributed by atoms with Gasteiger partial charge < -0.3 is 14.8 Å². The molecule has 0 fully saturated rings. The van der Waals surface area contributed by atoms with Gasteiger partial charge in [0.1, 0.15) is 10.6 Å². The lowest BCUT2D eigenvalue weighted by Gasteiger charge is -2.10. The van der Waals surface area contributed by atoms with Gasteiger partial charge in [-0.1, -0.05) is 12.1 Å². The highest BCUT2D eigenvalue weighted by Gasteiger charge is 2.20.